The van der Waals surface area contributed by atoms with Gasteiger partial charge in [-0.25, -0.2) is 0 Å². The smallest absolute Gasteiger partial charge is 0.223 e. The molecule has 3 rings (SSSR count). The minimum absolute atomic E-state index is 0.576. The van der Waals surface area contributed by atoms with Gasteiger partial charge in [-0.3, -0.25) is 4.90 Å². The van der Waals surface area contributed by atoms with Gasteiger partial charge >= 0.3 is 0 Å². The maximum atomic E-state index is 5.03. The van der Waals surface area contributed by atoms with Crippen LogP contribution in [0.4, 0.5) is 0 Å². The number of aryl methyl sites for hydroxylation is 1. The zero-order valence-corrected chi connectivity index (χ0v) is 13.4. The van der Waals surface area contributed by atoms with Gasteiger partial charge in [-0.05, 0) is 11.5 Å². The highest BCUT2D eigenvalue weighted by atomic mass is 16.5. The van der Waals surface area contributed by atoms with E-state index in [1.165, 1.54) is 5.56 Å². The maximum Gasteiger partial charge on any atom is 0.223 e. The second-order valence-corrected chi connectivity index (χ2v) is 6.12. The first-order chi connectivity index (χ1) is 10.7. The van der Waals surface area contributed by atoms with Crippen LogP contribution in [-0.2, 0) is 6.54 Å². The number of piperazine rings is 1. The molecule has 22 heavy (non-hydrogen) atoms. The molecule has 1 fully saturated rings. The molecule has 118 valence electrons. The van der Waals surface area contributed by atoms with E-state index in [0.717, 1.165) is 45.1 Å². The number of hydrogen-bond acceptors (Lipinski definition) is 5. The third-order valence-electron chi connectivity index (χ3n) is 4.30. The summed E-state index contributed by atoms with van der Waals surface area (Å²) in [6.07, 6.45) is 0. The van der Waals surface area contributed by atoms with E-state index >= 15 is 0 Å². The van der Waals surface area contributed by atoms with Gasteiger partial charge in [-0.1, -0.05) is 42.4 Å². The minimum atomic E-state index is 0.576. The molecular formula is C17H24N4O. The summed E-state index contributed by atoms with van der Waals surface area (Å²) >= 11 is 0. The van der Waals surface area contributed by atoms with Gasteiger partial charge in [0.25, 0.3) is 0 Å². The van der Waals surface area contributed by atoms with E-state index in [0.29, 0.717) is 11.8 Å². The average molecular weight is 300 g/mol. The number of aromatic nitrogens is 2. The molecule has 5 heteroatoms. The topological polar surface area (TPSA) is 45.4 Å². The van der Waals surface area contributed by atoms with Crippen molar-refractivity contribution in [3.63, 3.8) is 0 Å². The second kappa shape index (κ2) is 7.03. The van der Waals surface area contributed by atoms with Crippen molar-refractivity contribution in [2.75, 3.05) is 32.7 Å². The zero-order valence-electron chi connectivity index (χ0n) is 13.4. The van der Waals surface area contributed by atoms with Crippen molar-refractivity contribution >= 4 is 0 Å². The van der Waals surface area contributed by atoms with Crippen molar-refractivity contribution < 1.29 is 4.52 Å². The summed E-state index contributed by atoms with van der Waals surface area (Å²) in [7, 11) is 0. The van der Waals surface area contributed by atoms with Gasteiger partial charge in [0.2, 0.25) is 5.89 Å². The summed E-state index contributed by atoms with van der Waals surface area (Å²) in [6, 6.07) is 10.8. The van der Waals surface area contributed by atoms with Crippen LogP contribution in [0.25, 0.3) is 0 Å². The second-order valence-electron chi connectivity index (χ2n) is 6.12. The molecule has 1 aliphatic heterocycles. The van der Waals surface area contributed by atoms with Crippen LogP contribution in [-0.4, -0.2) is 52.7 Å². The van der Waals surface area contributed by atoms with E-state index in [1.807, 2.05) is 6.92 Å². The normalized spacial score (nSPS) is 18.5. The Labute approximate surface area is 131 Å². The lowest BCUT2D eigenvalue weighted by Gasteiger charge is -2.35. The molecule has 0 unspecified atom stereocenters. The van der Waals surface area contributed by atoms with Crippen LogP contribution >= 0.6 is 0 Å². The summed E-state index contributed by atoms with van der Waals surface area (Å²) in [6.45, 7) is 10.4. The fourth-order valence-electron chi connectivity index (χ4n) is 3.01. The molecule has 5 nitrogen and oxygen atoms in total. The largest absolute Gasteiger partial charge is 0.340 e. The lowest BCUT2D eigenvalue weighted by molar-refractivity contribution is 0.120. The maximum absolute atomic E-state index is 5.03. The Bertz CT molecular complexity index is 575. The van der Waals surface area contributed by atoms with E-state index in [4.69, 9.17) is 4.52 Å². The first-order valence-corrected chi connectivity index (χ1v) is 7.99. The lowest BCUT2D eigenvalue weighted by Crippen LogP contribution is -2.46. The molecule has 0 N–H and O–H groups in total. The summed E-state index contributed by atoms with van der Waals surface area (Å²) in [5.41, 5.74) is 1.42. The van der Waals surface area contributed by atoms with E-state index in [1.54, 1.807) is 0 Å². The fourth-order valence-corrected chi connectivity index (χ4v) is 3.01. The Balaban J connectivity index is 1.45. The Hall–Kier alpha value is -1.72. The number of hydrogen-bond donors (Lipinski definition) is 0. The fraction of sp³-hybridized carbons (Fsp3) is 0.529. The Morgan fingerprint density at radius 1 is 1.09 bits per heavy atom. The first kappa shape index (κ1) is 15.2. The van der Waals surface area contributed by atoms with Gasteiger partial charge in [0, 0.05) is 39.6 Å². The Morgan fingerprint density at radius 2 is 1.77 bits per heavy atom. The van der Waals surface area contributed by atoms with Gasteiger partial charge < -0.3 is 9.42 Å². The van der Waals surface area contributed by atoms with Gasteiger partial charge in [0.15, 0.2) is 5.82 Å². The molecule has 1 aromatic heterocycles. The monoisotopic (exact) mass is 300 g/mol. The number of nitrogens with zero attached hydrogens (tertiary/aromatic N) is 4. The van der Waals surface area contributed by atoms with E-state index in [-0.39, 0.29) is 0 Å². The van der Waals surface area contributed by atoms with Crippen LogP contribution in [0.1, 0.15) is 30.1 Å². The molecule has 0 saturated carbocycles. The van der Waals surface area contributed by atoms with Gasteiger partial charge in [-0.15, -0.1) is 0 Å². The summed E-state index contributed by atoms with van der Waals surface area (Å²) < 4.78 is 5.03. The van der Waals surface area contributed by atoms with Crippen LogP contribution in [0.2, 0.25) is 0 Å². The van der Waals surface area contributed by atoms with E-state index in [2.05, 4.69) is 57.2 Å². The molecule has 1 aliphatic rings. The molecule has 1 saturated heterocycles. The molecule has 2 heterocycles. The minimum Gasteiger partial charge on any atom is -0.340 e. The molecule has 0 aliphatic carbocycles. The molecule has 1 aromatic carbocycles. The van der Waals surface area contributed by atoms with Gasteiger partial charge in [-0.2, -0.15) is 4.98 Å². The predicted molar refractivity (Wildman–Crippen MR) is 85.6 cm³/mol. The third kappa shape index (κ3) is 3.93. The standard InChI is InChI=1S/C17H24N4O/c1-14(16-6-4-3-5-7-16)12-20-8-10-21(11-9-20)13-17-18-15(2)22-19-17/h3-7,14H,8-13H2,1-2H3/t14-/m1/s1. The summed E-state index contributed by atoms with van der Waals surface area (Å²) in [5, 5.41) is 3.98. The van der Waals surface area contributed by atoms with Crippen LogP contribution in [0.3, 0.4) is 0 Å². The van der Waals surface area contributed by atoms with Crippen molar-refractivity contribution in [3.8, 4) is 0 Å². The lowest BCUT2D eigenvalue weighted by atomic mass is 10.0. The zero-order chi connectivity index (χ0) is 15.4. The highest BCUT2D eigenvalue weighted by Gasteiger charge is 2.20. The molecular weight excluding hydrogens is 276 g/mol. The number of benzene rings is 1. The SMILES string of the molecule is Cc1nc(CN2CCN(C[C@@H](C)c3ccccc3)CC2)no1. The van der Waals surface area contributed by atoms with Gasteiger partial charge in [0.05, 0.1) is 6.54 Å². The summed E-state index contributed by atoms with van der Waals surface area (Å²) in [5.74, 6) is 2.02. The molecule has 0 bridgehead atoms. The first-order valence-electron chi connectivity index (χ1n) is 7.99. The average Bonchev–Trinajstić information content (AvgIpc) is 2.95. The van der Waals surface area contributed by atoms with Crippen molar-refractivity contribution in [2.45, 2.75) is 26.3 Å². The molecule has 2 aromatic rings. The van der Waals surface area contributed by atoms with E-state index in [9.17, 15) is 0 Å². The van der Waals surface area contributed by atoms with Crippen LogP contribution < -0.4 is 0 Å². The van der Waals surface area contributed by atoms with Crippen molar-refractivity contribution in [1.82, 2.24) is 19.9 Å². The summed E-state index contributed by atoms with van der Waals surface area (Å²) in [4.78, 5) is 9.23. The Kier molecular flexibility index (Phi) is 4.85. The van der Waals surface area contributed by atoms with Crippen LogP contribution in [0, 0.1) is 6.92 Å². The van der Waals surface area contributed by atoms with Crippen LogP contribution in [0.5, 0.6) is 0 Å². The van der Waals surface area contributed by atoms with Gasteiger partial charge in [0.1, 0.15) is 0 Å². The molecule has 0 radical (unpaired) electrons. The number of rotatable bonds is 5. The molecule has 0 amide bonds. The molecule has 0 spiro atoms. The van der Waals surface area contributed by atoms with Crippen molar-refractivity contribution in [1.29, 1.82) is 0 Å². The highest BCUT2D eigenvalue weighted by Crippen LogP contribution is 2.17. The third-order valence-corrected chi connectivity index (χ3v) is 4.30. The predicted octanol–water partition coefficient (Wildman–Crippen LogP) is 2.30. The highest BCUT2D eigenvalue weighted by molar-refractivity contribution is 5.19. The van der Waals surface area contributed by atoms with Crippen LogP contribution in [0.15, 0.2) is 34.9 Å². The van der Waals surface area contributed by atoms with Crippen molar-refractivity contribution in [2.24, 2.45) is 0 Å². The Morgan fingerprint density at radius 3 is 2.41 bits per heavy atom. The molecule has 1 atom stereocenters. The quantitative estimate of drug-likeness (QED) is 0.848. The van der Waals surface area contributed by atoms with Crippen molar-refractivity contribution in [3.05, 3.63) is 47.6 Å². The van der Waals surface area contributed by atoms with E-state index < -0.39 is 0 Å².